The van der Waals surface area contributed by atoms with Gasteiger partial charge in [0.05, 0.1) is 16.0 Å². The Bertz CT molecular complexity index is 803. The molecule has 2 rings (SSSR count). The molecule has 0 amide bonds. The molecule has 22 heavy (non-hydrogen) atoms. The van der Waals surface area contributed by atoms with Crippen LogP contribution in [0.15, 0.2) is 21.7 Å². The number of hydrogen-bond donors (Lipinski definition) is 2. The lowest BCUT2D eigenvalue weighted by atomic mass is 10.2. The molecule has 0 aliphatic carbocycles. The number of hydrogen-bond acceptors (Lipinski definition) is 5. The highest BCUT2D eigenvalue weighted by atomic mass is 16.6. The molecule has 0 bridgehead atoms. The van der Waals surface area contributed by atoms with Crippen LogP contribution in [-0.2, 0) is 0 Å². The third kappa shape index (κ3) is 3.00. The zero-order valence-corrected chi connectivity index (χ0v) is 12.5. The quantitative estimate of drug-likeness (QED) is 0.479. The van der Waals surface area contributed by atoms with Crippen LogP contribution < -0.4 is 16.0 Å². The molecule has 118 valence electrons. The van der Waals surface area contributed by atoms with Crippen LogP contribution in [0.4, 0.5) is 11.4 Å². The summed E-state index contributed by atoms with van der Waals surface area (Å²) >= 11 is 0. The van der Waals surface area contributed by atoms with E-state index in [2.05, 4.69) is 9.97 Å². The Balaban J connectivity index is 2.71. The summed E-state index contributed by atoms with van der Waals surface area (Å²) in [6.45, 7) is 5.34. The van der Waals surface area contributed by atoms with E-state index in [1.54, 1.807) is 6.07 Å². The summed E-state index contributed by atoms with van der Waals surface area (Å²) in [5, 5.41) is 11.3. The molecule has 2 aromatic rings. The largest absolute Gasteiger partial charge is 0.366 e. The van der Waals surface area contributed by atoms with Gasteiger partial charge in [0.15, 0.2) is 0 Å². The van der Waals surface area contributed by atoms with Crippen LogP contribution in [0.3, 0.4) is 0 Å². The van der Waals surface area contributed by atoms with E-state index >= 15 is 0 Å². The van der Waals surface area contributed by atoms with Crippen molar-refractivity contribution in [1.82, 2.24) is 9.97 Å². The minimum Gasteiger partial charge on any atom is -0.366 e. The fourth-order valence-corrected chi connectivity index (χ4v) is 2.43. The van der Waals surface area contributed by atoms with Gasteiger partial charge in [0, 0.05) is 19.2 Å². The fourth-order valence-electron chi connectivity index (χ4n) is 2.43. The van der Waals surface area contributed by atoms with Crippen molar-refractivity contribution in [2.75, 3.05) is 18.0 Å². The number of benzene rings is 1. The van der Waals surface area contributed by atoms with Crippen molar-refractivity contribution < 1.29 is 4.92 Å². The number of nitro benzene ring substituents is 1. The number of nitro groups is 1. The molecule has 8 nitrogen and oxygen atoms in total. The lowest BCUT2D eigenvalue weighted by molar-refractivity contribution is -0.384. The van der Waals surface area contributed by atoms with Gasteiger partial charge in [0.2, 0.25) is 0 Å². The standard InChI is InChI=1S/C14H18N4O4/c1-3-5-17(6-4-2)11-7-9-10(8-12(11)18(21)22)16-14(20)13(19)15-9/h7-8H,3-6H2,1-2H3,(H,15,19)(H,16,20). The Morgan fingerprint density at radius 2 is 1.55 bits per heavy atom. The highest BCUT2D eigenvalue weighted by Crippen LogP contribution is 2.31. The summed E-state index contributed by atoms with van der Waals surface area (Å²) in [7, 11) is 0. The van der Waals surface area contributed by atoms with E-state index in [1.807, 2.05) is 18.7 Å². The van der Waals surface area contributed by atoms with Gasteiger partial charge in [-0.25, -0.2) is 0 Å². The first-order valence-electron chi connectivity index (χ1n) is 7.17. The van der Waals surface area contributed by atoms with E-state index in [-0.39, 0.29) is 11.2 Å². The number of aromatic amines is 2. The topological polar surface area (TPSA) is 112 Å². The van der Waals surface area contributed by atoms with Gasteiger partial charge in [-0.2, -0.15) is 0 Å². The first-order chi connectivity index (χ1) is 10.5. The third-order valence-electron chi connectivity index (χ3n) is 3.34. The van der Waals surface area contributed by atoms with Crippen LogP contribution >= 0.6 is 0 Å². The first kappa shape index (κ1) is 15.7. The molecule has 0 aliphatic heterocycles. The summed E-state index contributed by atoms with van der Waals surface area (Å²) in [5.74, 6) is 0. The summed E-state index contributed by atoms with van der Waals surface area (Å²) in [6.07, 6.45) is 1.69. The van der Waals surface area contributed by atoms with Crippen LogP contribution in [0.5, 0.6) is 0 Å². The molecule has 0 radical (unpaired) electrons. The number of rotatable bonds is 6. The lowest BCUT2D eigenvalue weighted by Gasteiger charge is -2.23. The van der Waals surface area contributed by atoms with E-state index in [4.69, 9.17) is 0 Å². The van der Waals surface area contributed by atoms with Crippen molar-refractivity contribution in [3.63, 3.8) is 0 Å². The van der Waals surface area contributed by atoms with Gasteiger partial charge in [0.25, 0.3) is 5.69 Å². The number of fused-ring (bicyclic) bond motifs is 1. The lowest BCUT2D eigenvalue weighted by Crippen LogP contribution is -2.29. The van der Waals surface area contributed by atoms with Gasteiger partial charge in [-0.1, -0.05) is 13.8 Å². The average molecular weight is 306 g/mol. The number of nitrogens with zero attached hydrogens (tertiary/aromatic N) is 2. The molecule has 1 aromatic carbocycles. The zero-order valence-electron chi connectivity index (χ0n) is 12.5. The zero-order chi connectivity index (χ0) is 16.3. The van der Waals surface area contributed by atoms with Crippen molar-refractivity contribution >= 4 is 22.4 Å². The van der Waals surface area contributed by atoms with Gasteiger partial charge in [0.1, 0.15) is 5.69 Å². The minimum absolute atomic E-state index is 0.0860. The molecule has 0 fully saturated rings. The van der Waals surface area contributed by atoms with Gasteiger partial charge >= 0.3 is 11.1 Å². The molecule has 0 atom stereocenters. The molecule has 0 aliphatic rings. The molecule has 0 saturated carbocycles. The number of aromatic nitrogens is 2. The average Bonchev–Trinajstić information content (AvgIpc) is 2.47. The Morgan fingerprint density at radius 1 is 1.05 bits per heavy atom. The number of H-pyrrole nitrogens is 2. The van der Waals surface area contributed by atoms with E-state index in [9.17, 15) is 19.7 Å². The van der Waals surface area contributed by atoms with E-state index in [1.165, 1.54) is 6.07 Å². The van der Waals surface area contributed by atoms with Crippen molar-refractivity contribution in [3.8, 4) is 0 Å². The predicted molar refractivity (Wildman–Crippen MR) is 84.6 cm³/mol. The molecule has 1 aromatic heterocycles. The number of nitrogens with one attached hydrogen (secondary N) is 2. The minimum atomic E-state index is -0.825. The SMILES string of the molecule is CCCN(CCC)c1cc2[nH]c(=O)c(=O)[nH]c2cc1[N+](=O)[O-]. The Morgan fingerprint density at radius 3 is 2.00 bits per heavy atom. The van der Waals surface area contributed by atoms with Crippen LogP contribution in [-0.4, -0.2) is 28.0 Å². The molecule has 1 heterocycles. The maximum Gasteiger partial charge on any atom is 0.314 e. The first-order valence-corrected chi connectivity index (χ1v) is 7.17. The second kappa shape index (κ2) is 6.42. The van der Waals surface area contributed by atoms with Crippen molar-refractivity contribution in [2.45, 2.75) is 26.7 Å². The molecule has 0 spiro atoms. The number of anilines is 1. The Labute approximate surface area is 125 Å². The summed E-state index contributed by atoms with van der Waals surface area (Å²) < 4.78 is 0. The second-order valence-electron chi connectivity index (χ2n) is 5.04. The third-order valence-corrected chi connectivity index (χ3v) is 3.34. The van der Waals surface area contributed by atoms with Gasteiger partial charge in [-0.15, -0.1) is 0 Å². The molecular weight excluding hydrogens is 288 g/mol. The summed E-state index contributed by atoms with van der Waals surface area (Å²) in [5.41, 5.74) is -0.616. The van der Waals surface area contributed by atoms with Crippen LogP contribution in [0, 0.1) is 10.1 Å². The highest BCUT2D eigenvalue weighted by molar-refractivity contribution is 5.84. The summed E-state index contributed by atoms with van der Waals surface area (Å²) in [4.78, 5) is 40.4. The van der Waals surface area contributed by atoms with Gasteiger partial charge in [-0.05, 0) is 18.9 Å². The molecule has 8 heteroatoms. The molecular formula is C14H18N4O4. The molecule has 2 N–H and O–H groups in total. The molecule has 0 unspecified atom stereocenters. The van der Waals surface area contributed by atoms with Crippen molar-refractivity contribution in [1.29, 1.82) is 0 Å². The normalized spacial score (nSPS) is 10.8. The fraction of sp³-hybridized carbons (Fsp3) is 0.429. The monoisotopic (exact) mass is 306 g/mol. The van der Waals surface area contributed by atoms with Crippen molar-refractivity contribution in [3.05, 3.63) is 43.0 Å². The van der Waals surface area contributed by atoms with Crippen LogP contribution in [0.2, 0.25) is 0 Å². The Hall–Kier alpha value is -2.64. The van der Waals surface area contributed by atoms with Crippen molar-refractivity contribution in [2.24, 2.45) is 0 Å². The van der Waals surface area contributed by atoms with E-state index in [0.29, 0.717) is 24.3 Å². The van der Waals surface area contributed by atoms with Crippen LogP contribution in [0.25, 0.3) is 11.0 Å². The van der Waals surface area contributed by atoms with Crippen LogP contribution in [0.1, 0.15) is 26.7 Å². The second-order valence-corrected chi connectivity index (χ2v) is 5.04. The molecule has 0 saturated heterocycles. The maximum absolute atomic E-state index is 11.4. The summed E-state index contributed by atoms with van der Waals surface area (Å²) in [6, 6.07) is 2.84. The van der Waals surface area contributed by atoms with E-state index < -0.39 is 16.0 Å². The maximum atomic E-state index is 11.4. The highest BCUT2D eigenvalue weighted by Gasteiger charge is 2.20. The predicted octanol–water partition coefficient (Wildman–Crippen LogP) is 1.75. The Kier molecular flexibility index (Phi) is 4.59. The smallest absolute Gasteiger partial charge is 0.314 e. The van der Waals surface area contributed by atoms with E-state index in [0.717, 1.165) is 12.8 Å². The van der Waals surface area contributed by atoms with Gasteiger partial charge in [-0.3, -0.25) is 19.7 Å². The van der Waals surface area contributed by atoms with Gasteiger partial charge < -0.3 is 14.9 Å².